The number of nitrogens with zero attached hydrogens (tertiary/aromatic N) is 1. The van der Waals surface area contributed by atoms with Gasteiger partial charge in [0, 0.05) is 0 Å². The van der Waals surface area contributed by atoms with Crippen LogP contribution in [0, 0.1) is 6.92 Å². The Morgan fingerprint density at radius 1 is 1.14 bits per heavy atom. The second-order valence-electron chi connectivity index (χ2n) is 4.46. The van der Waals surface area contributed by atoms with E-state index in [1.165, 1.54) is 12.1 Å². The summed E-state index contributed by atoms with van der Waals surface area (Å²) in [7, 11) is -4.01. The van der Waals surface area contributed by atoms with E-state index >= 15 is 0 Å². The van der Waals surface area contributed by atoms with Gasteiger partial charge in [-0.25, -0.2) is 4.79 Å². The molecule has 6 N–H and O–H groups in total. The number of rotatable bonds is 4. The highest BCUT2D eigenvalue weighted by atomic mass is 32.2. The Balaban J connectivity index is 2.50. The number of benzene rings is 1. The molecule has 0 unspecified atom stereocenters. The summed E-state index contributed by atoms with van der Waals surface area (Å²) in [4.78, 5) is 15.8. The number of thiocarbonyl (C=S) groups is 1. The fraction of sp³-hybridized carbons (Fsp3) is 0.0833. The molecular weight excluding hydrogens is 326 g/mol. The van der Waals surface area contributed by atoms with Crippen LogP contribution in [-0.2, 0) is 10.0 Å². The molecule has 22 heavy (non-hydrogen) atoms. The number of H-pyrrole nitrogens is 2. The molecule has 0 saturated carbocycles. The average molecular weight is 339 g/mol. The van der Waals surface area contributed by atoms with Gasteiger partial charge in [-0.15, -0.1) is 4.40 Å². The largest absolute Gasteiger partial charge is 0.388 e. The number of hydrogen-bond acceptors (Lipinski definition) is 4. The molecule has 1 aromatic carbocycles. The van der Waals surface area contributed by atoms with Gasteiger partial charge in [-0.3, -0.25) is 0 Å². The lowest BCUT2D eigenvalue weighted by Crippen LogP contribution is -2.22. The van der Waals surface area contributed by atoms with Crippen molar-refractivity contribution in [3.05, 3.63) is 51.7 Å². The number of aryl methyl sites for hydroxylation is 1. The van der Waals surface area contributed by atoms with Crippen molar-refractivity contribution < 1.29 is 8.42 Å². The first kappa shape index (κ1) is 15.9. The lowest BCUT2D eigenvalue weighted by molar-refractivity contribution is 0.598. The molecule has 0 saturated heterocycles. The van der Waals surface area contributed by atoms with Crippen LogP contribution in [0.2, 0.25) is 0 Å². The fourth-order valence-corrected chi connectivity index (χ4v) is 2.79. The van der Waals surface area contributed by atoms with E-state index in [1.807, 2.05) is 6.92 Å². The van der Waals surface area contributed by atoms with Crippen LogP contribution in [0.15, 0.2) is 38.4 Å². The summed E-state index contributed by atoms with van der Waals surface area (Å²) in [5.74, 6) is -0.415. The fourth-order valence-electron chi connectivity index (χ4n) is 1.70. The summed E-state index contributed by atoms with van der Waals surface area (Å²) in [5.41, 5.74) is 11.4. The number of hydrogen-bond donors (Lipinski definition) is 4. The van der Waals surface area contributed by atoms with Gasteiger partial charge in [0.2, 0.25) is 0 Å². The Labute approximate surface area is 131 Å². The number of imidazole rings is 1. The maximum atomic E-state index is 12.2. The van der Waals surface area contributed by atoms with Crippen LogP contribution in [0.25, 0.3) is 0 Å². The molecule has 1 aromatic heterocycles. The maximum Gasteiger partial charge on any atom is 0.323 e. The molecule has 2 aromatic rings. The smallest absolute Gasteiger partial charge is 0.323 e. The Hall–Kier alpha value is -2.46. The minimum absolute atomic E-state index is 0.0178. The molecule has 0 aliphatic heterocycles. The molecule has 10 heteroatoms. The van der Waals surface area contributed by atoms with Gasteiger partial charge in [0.25, 0.3) is 10.0 Å². The second-order valence-corrected chi connectivity index (χ2v) is 6.50. The van der Waals surface area contributed by atoms with Crippen molar-refractivity contribution in [2.24, 2.45) is 15.9 Å². The van der Waals surface area contributed by atoms with E-state index in [0.717, 1.165) is 5.56 Å². The normalized spacial score (nSPS) is 12.3. The quantitative estimate of drug-likeness (QED) is 0.343. The average Bonchev–Trinajstić information content (AvgIpc) is 2.81. The second kappa shape index (κ2) is 5.73. The molecule has 1 heterocycles. The third-order valence-corrected chi connectivity index (χ3v) is 4.28. The van der Waals surface area contributed by atoms with Crippen molar-refractivity contribution in [2.75, 3.05) is 0 Å². The highest BCUT2D eigenvalue weighted by Gasteiger charge is 2.18. The third kappa shape index (κ3) is 3.23. The van der Waals surface area contributed by atoms with E-state index in [9.17, 15) is 13.2 Å². The molecule has 8 nitrogen and oxygen atoms in total. The Morgan fingerprint density at radius 3 is 2.23 bits per heavy atom. The molecule has 116 valence electrons. The number of aromatic amines is 2. The van der Waals surface area contributed by atoms with Crippen LogP contribution in [0.5, 0.6) is 0 Å². The van der Waals surface area contributed by atoms with Crippen LogP contribution in [0.3, 0.4) is 0 Å². The van der Waals surface area contributed by atoms with Gasteiger partial charge < -0.3 is 21.4 Å². The topological polar surface area (TPSA) is 147 Å². The van der Waals surface area contributed by atoms with Crippen LogP contribution in [0.1, 0.15) is 17.0 Å². The highest BCUT2D eigenvalue weighted by molar-refractivity contribution is 7.90. The zero-order chi connectivity index (χ0) is 16.5. The summed E-state index contributed by atoms with van der Waals surface area (Å²) >= 11 is 4.76. The van der Waals surface area contributed by atoms with E-state index in [-0.39, 0.29) is 21.3 Å². The first-order chi connectivity index (χ1) is 10.2. The van der Waals surface area contributed by atoms with Crippen LogP contribution >= 0.6 is 12.2 Å². The Morgan fingerprint density at radius 2 is 1.68 bits per heavy atom. The molecule has 0 fully saturated rings. The van der Waals surface area contributed by atoms with E-state index in [2.05, 4.69) is 14.4 Å². The first-order valence-corrected chi connectivity index (χ1v) is 7.85. The highest BCUT2D eigenvalue weighted by Crippen LogP contribution is 2.14. The maximum absolute atomic E-state index is 12.2. The van der Waals surface area contributed by atoms with Crippen LogP contribution in [0.4, 0.5) is 0 Å². The van der Waals surface area contributed by atoms with Crippen molar-refractivity contribution in [1.29, 1.82) is 0 Å². The molecule has 0 aliphatic rings. The summed E-state index contributed by atoms with van der Waals surface area (Å²) in [5, 5.41) is 0. The molecular formula is C12H13N5O3S2. The van der Waals surface area contributed by atoms with Gasteiger partial charge in [-0.1, -0.05) is 29.9 Å². The summed E-state index contributed by atoms with van der Waals surface area (Å²) in [6.45, 7) is 1.83. The van der Waals surface area contributed by atoms with Crippen molar-refractivity contribution in [2.45, 2.75) is 11.8 Å². The van der Waals surface area contributed by atoms with Gasteiger partial charge in [0.05, 0.1) is 4.90 Å². The number of aromatic nitrogens is 2. The number of amidine groups is 1. The molecule has 0 radical (unpaired) electrons. The van der Waals surface area contributed by atoms with Gasteiger partial charge in [-0.2, -0.15) is 8.42 Å². The van der Waals surface area contributed by atoms with Crippen molar-refractivity contribution in [3.8, 4) is 0 Å². The number of nitrogens with two attached hydrogens (primary N) is 2. The van der Waals surface area contributed by atoms with Gasteiger partial charge in [0.1, 0.15) is 16.4 Å². The van der Waals surface area contributed by atoms with E-state index in [0.29, 0.717) is 0 Å². The van der Waals surface area contributed by atoms with Gasteiger partial charge in [0.15, 0.2) is 5.84 Å². The SMILES string of the molecule is Cc1ccc(S(=O)(=O)/N=C(\N)c2[nH]c(=O)[nH]c2C(N)=S)cc1. The first-order valence-electron chi connectivity index (χ1n) is 6.00. The molecule has 0 aliphatic carbocycles. The van der Waals surface area contributed by atoms with E-state index < -0.39 is 21.5 Å². The third-order valence-electron chi connectivity index (χ3n) is 2.77. The zero-order valence-corrected chi connectivity index (χ0v) is 13.1. The standard InChI is InChI=1S/C12H13N5O3S2/c1-6-2-4-7(5-3-6)22(19,20)17-10(13)8-9(11(14)21)16-12(18)15-8/h2-5H,1H3,(H2,13,17)(H2,14,21)(H2,15,16,18). The summed E-state index contributed by atoms with van der Waals surface area (Å²) < 4.78 is 27.9. The van der Waals surface area contributed by atoms with Crippen molar-refractivity contribution in [3.63, 3.8) is 0 Å². The molecule has 0 atom stereocenters. The predicted octanol–water partition coefficient (Wildman–Crippen LogP) is -0.260. The molecule has 0 amide bonds. The monoisotopic (exact) mass is 339 g/mol. The van der Waals surface area contributed by atoms with E-state index in [4.69, 9.17) is 23.7 Å². The lowest BCUT2D eigenvalue weighted by atomic mass is 10.2. The minimum Gasteiger partial charge on any atom is -0.388 e. The molecule has 0 spiro atoms. The minimum atomic E-state index is -4.01. The predicted molar refractivity (Wildman–Crippen MR) is 86.4 cm³/mol. The van der Waals surface area contributed by atoms with Gasteiger partial charge >= 0.3 is 5.69 Å². The van der Waals surface area contributed by atoms with Crippen LogP contribution in [-0.4, -0.2) is 29.2 Å². The van der Waals surface area contributed by atoms with Crippen molar-refractivity contribution in [1.82, 2.24) is 9.97 Å². The lowest BCUT2D eigenvalue weighted by Gasteiger charge is -2.03. The molecule has 2 rings (SSSR count). The number of sulfonamides is 1. The summed E-state index contributed by atoms with van der Waals surface area (Å²) in [6.07, 6.45) is 0. The molecule has 0 bridgehead atoms. The zero-order valence-electron chi connectivity index (χ0n) is 11.5. The van der Waals surface area contributed by atoms with Crippen molar-refractivity contribution >= 4 is 33.1 Å². The van der Waals surface area contributed by atoms with E-state index in [1.54, 1.807) is 12.1 Å². The Kier molecular flexibility index (Phi) is 4.15. The summed E-state index contributed by atoms with van der Waals surface area (Å²) in [6, 6.07) is 6.10. The number of nitrogens with one attached hydrogen (secondary N) is 2. The van der Waals surface area contributed by atoms with Gasteiger partial charge in [-0.05, 0) is 19.1 Å². The van der Waals surface area contributed by atoms with Crippen LogP contribution < -0.4 is 17.2 Å². The Bertz CT molecular complexity index is 907.